The highest BCUT2D eigenvalue weighted by atomic mass is 16.5. The molecule has 0 radical (unpaired) electrons. The first-order valence-corrected chi connectivity index (χ1v) is 6.25. The van der Waals surface area contributed by atoms with Crippen LogP contribution in [0.1, 0.15) is 39.0 Å². The molecule has 1 aliphatic rings. The van der Waals surface area contributed by atoms with Crippen molar-refractivity contribution < 1.29 is 19.4 Å². The third-order valence-corrected chi connectivity index (χ3v) is 3.42. The van der Waals surface area contributed by atoms with Crippen LogP contribution < -0.4 is 5.32 Å². The lowest BCUT2D eigenvalue weighted by Crippen LogP contribution is -2.52. The molecule has 0 unspecified atom stereocenters. The Hall–Kier alpha value is -1.52. The van der Waals surface area contributed by atoms with E-state index in [1.807, 2.05) is 0 Å². The number of rotatable bonds is 5. The SMILES string of the molecule is C=CCOC(=O)NC1(CC(=O)O)CCC(C)CC1. The van der Waals surface area contributed by atoms with Crippen LogP contribution in [-0.2, 0) is 9.53 Å². The van der Waals surface area contributed by atoms with Gasteiger partial charge < -0.3 is 15.2 Å². The third-order valence-electron chi connectivity index (χ3n) is 3.42. The average molecular weight is 255 g/mol. The Morgan fingerprint density at radius 3 is 2.61 bits per heavy atom. The number of carbonyl (C=O) groups is 2. The van der Waals surface area contributed by atoms with Gasteiger partial charge in [-0.15, -0.1) is 0 Å². The maximum atomic E-state index is 11.6. The predicted octanol–water partition coefficient (Wildman–Crippen LogP) is 2.32. The summed E-state index contributed by atoms with van der Waals surface area (Å²) in [5.41, 5.74) is -0.656. The molecule has 0 atom stereocenters. The van der Waals surface area contributed by atoms with Crippen molar-refractivity contribution >= 4 is 12.1 Å². The maximum Gasteiger partial charge on any atom is 0.407 e. The van der Waals surface area contributed by atoms with Crippen molar-refractivity contribution in [3.05, 3.63) is 12.7 Å². The van der Waals surface area contributed by atoms with Gasteiger partial charge in [-0.25, -0.2) is 4.79 Å². The standard InChI is InChI=1S/C13H21NO4/c1-3-8-18-12(17)14-13(9-11(15)16)6-4-10(2)5-7-13/h3,10H,1,4-9H2,2H3,(H,14,17)(H,15,16). The van der Waals surface area contributed by atoms with Crippen molar-refractivity contribution in [2.45, 2.75) is 44.6 Å². The van der Waals surface area contributed by atoms with Gasteiger partial charge in [0.25, 0.3) is 0 Å². The highest BCUT2D eigenvalue weighted by Gasteiger charge is 2.38. The smallest absolute Gasteiger partial charge is 0.407 e. The van der Waals surface area contributed by atoms with Crippen molar-refractivity contribution in [3.8, 4) is 0 Å². The number of amides is 1. The molecule has 0 bridgehead atoms. The first-order valence-electron chi connectivity index (χ1n) is 6.25. The van der Waals surface area contributed by atoms with E-state index < -0.39 is 17.6 Å². The molecule has 0 heterocycles. The van der Waals surface area contributed by atoms with Gasteiger partial charge >= 0.3 is 12.1 Å². The van der Waals surface area contributed by atoms with Gasteiger partial charge in [-0.1, -0.05) is 19.6 Å². The molecule has 1 amide bonds. The van der Waals surface area contributed by atoms with E-state index in [1.165, 1.54) is 6.08 Å². The number of hydrogen-bond acceptors (Lipinski definition) is 3. The molecule has 1 fully saturated rings. The number of hydrogen-bond donors (Lipinski definition) is 2. The van der Waals surface area contributed by atoms with E-state index in [9.17, 15) is 9.59 Å². The monoisotopic (exact) mass is 255 g/mol. The molecular weight excluding hydrogens is 234 g/mol. The van der Waals surface area contributed by atoms with E-state index in [4.69, 9.17) is 9.84 Å². The summed E-state index contributed by atoms with van der Waals surface area (Å²) in [6, 6.07) is 0. The minimum Gasteiger partial charge on any atom is -0.481 e. The molecule has 102 valence electrons. The first-order chi connectivity index (χ1) is 8.47. The second kappa shape index (κ2) is 6.42. The Kier molecular flexibility index (Phi) is 5.19. The van der Waals surface area contributed by atoms with E-state index in [2.05, 4.69) is 18.8 Å². The minimum atomic E-state index is -0.895. The third kappa shape index (κ3) is 4.39. The summed E-state index contributed by atoms with van der Waals surface area (Å²) in [6.45, 7) is 5.73. The van der Waals surface area contributed by atoms with Crippen LogP contribution in [-0.4, -0.2) is 29.3 Å². The number of carboxylic acid groups (broad SMARTS) is 1. The van der Waals surface area contributed by atoms with E-state index in [1.54, 1.807) is 0 Å². The Morgan fingerprint density at radius 2 is 2.11 bits per heavy atom. The molecule has 0 aromatic heterocycles. The zero-order valence-corrected chi connectivity index (χ0v) is 10.8. The zero-order chi connectivity index (χ0) is 13.6. The van der Waals surface area contributed by atoms with Crippen molar-refractivity contribution in [1.82, 2.24) is 5.32 Å². The molecule has 1 rings (SSSR count). The van der Waals surface area contributed by atoms with Crippen LogP contribution in [0.15, 0.2) is 12.7 Å². The summed E-state index contributed by atoms with van der Waals surface area (Å²) in [7, 11) is 0. The fraction of sp³-hybridized carbons (Fsp3) is 0.692. The van der Waals surface area contributed by atoms with E-state index in [-0.39, 0.29) is 13.0 Å². The molecule has 0 spiro atoms. The van der Waals surface area contributed by atoms with Crippen molar-refractivity contribution in [2.75, 3.05) is 6.61 Å². The number of alkyl carbamates (subject to hydrolysis) is 1. The number of ether oxygens (including phenoxy) is 1. The van der Waals surface area contributed by atoms with Gasteiger partial charge in [0, 0.05) is 0 Å². The van der Waals surface area contributed by atoms with Crippen LogP contribution in [0.25, 0.3) is 0 Å². The molecule has 0 saturated heterocycles. The van der Waals surface area contributed by atoms with Crippen LogP contribution >= 0.6 is 0 Å². The highest BCUT2D eigenvalue weighted by Crippen LogP contribution is 2.34. The topological polar surface area (TPSA) is 75.6 Å². The minimum absolute atomic E-state index is 0.0527. The molecule has 0 aromatic carbocycles. The second-order valence-electron chi connectivity index (χ2n) is 5.05. The lowest BCUT2D eigenvalue weighted by Gasteiger charge is -2.38. The van der Waals surface area contributed by atoms with Gasteiger partial charge in [-0.05, 0) is 31.6 Å². The Labute approximate surface area is 107 Å². The number of carboxylic acids is 1. The molecule has 5 nitrogen and oxygen atoms in total. The summed E-state index contributed by atoms with van der Waals surface area (Å²) >= 11 is 0. The maximum absolute atomic E-state index is 11.6. The lowest BCUT2D eigenvalue weighted by molar-refractivity contribution is -0.139. The quantitative estimate of drug-likeness (QED) is 0.739. The van der Waals surface area contributed by atoms with Crippen LogP contribution in [0, 0.1) is 5.92 Å². The van der Waals surface area contributed by atoms with Crippen LogP contribution in [0.3, 0.4) is 0 Å². The van der Waals surface area contributed by atoms with Gasteiger partial charge in [0.05, 0.1) is 12.0 Å². The average Bonchev–Trinajstić information content (AvgIpc) is 2.30. The molecule has 5 heteroatoms. The van der Waals surface area contributed by atoms with E-state index in [0.29, 0.717) is 18.8 Å². The van der Waals surface area contributed by atoms with Crippen LogP contribution in [0.4, 0.5) is 4.79 Å². The molecule has 1 aliphatic carbocycles. The molecular formula is C13H21NO4. The predicted molar refractivity (Wildman–Crippen MR) is 67.3 cm³/mol. The van der Waals surface area contributed by atoms with Gasteiger partial charge in [0.1, 0.15) is 6.61 Å². The molecule has 18 heavy (non-hydrogen) atoms. The van der Waals surface area contributed by atoms with E-state index >= 15 is 0 Å². The number of aliphatic carboxylic acids is 1. The normalized spacial score (nSPS) is 27.3. The number of nitrogens with one attached hydrogen (secondary N) is 1. The van der Waals surface area contributed by atoms with Crippen LogP contribution in [0.5, 0.6) is 0 Å². The van der Waals surface area contributed by atoms with E-state index in [0.717, 1.165) is 12.8 Å². The first kappa shape index (κ1) is 14.5. The Bertz CT molecular complexity index is 319. The summed E-state index contributed by atoms with van der Waals surface area (Å²) in [5.74, 6) is -0.313. The molecule has 0 aliphatic heterocycles. The fourth-order valence-electron chi connectivity index (χ4n) is 2.34. The number of carbonyl (C=O) groups excluding carboxylic acids is 1. The Morgan fingerprint density at radius 1 is 1.50 bits per heavy atom. The molecule has 1 saturated carbocycles. The van der Waals surface area contributed by atoms with Crippen molar-refractivity contribution in [3.63, 3.8) is 0 Å². The summed E-state index contributed by atoms with van der Waals surface area (Å²) in [5, 5.41) is 11.7. The lowest BCUT2D eigenvalue weighted by atomic mass is 9.75. The summed E-state index contributed by atoms with van der Waals surface area (Å²) in [6.07, 6.45) is 4.08. The van der Waals surface area contributed by atoms with Gasteiger partial charge in [-0.2, -0.15) is 0 Å². The van der Waals surface area contributed by atoms with Gasteiger partial charge in [0.15, 0.2) is 0 Å². The molecule has 0 aromatic rings. The zero-order valence-electron chi connectivity index (χ0n) is 10.8. The van der Waals surface area contributed by atoms with Crippen LogP contribution in [0.2, 0.25) is 0 Å². The highest BCUT2D eigenvalue weighted by molar-refractivity contribution is 5.72. The van der Waals surface area contributed by atoms with Crippen molar-refractivity contribution in [2.24, 2.45) is 5.92 Å². The second-order valence-corrected chi connectivity index (χ2v) is 5.05. The largest absolute Gasteiger partial charge is 0.481 e. The summed E-state index contributed by atoms with van der Waals surface area (Å²) < 4.78 is 4.87. The van der Waals surface area contributed by atoms with Gasteiger partial charge in [0.2, 0.25) is 0 Å². The van der Waals surface area contributed by atoms with Crippen molar-refractivity contribution in [1.29, 1.82) is 0 Å². The molecule has 2 N–H and O–H groups in total. The fourth-order valence-corrected chi connectivity index (χ4v) is 2.34. The summed E-state index contributed by atoms with van der Waals surface area (Å²) in [4.78, 5) is 22.5. The van der Waals surface area contributed by atoms with Gasteiger partial charge in [-0.3, -0.25) is 4.79 Å². The Balaban J connectivity index is 2.63.